The predicted octanol–water partition coefficient (Wildman–Crippen LogP) is 3.71. The molecule has 0 fully saturated rings. The number of nitrogen functional groups attached to an aromatic ring is 1. The van der Waals surface area contributed by atoms with Crippen LogP contribution in [-0.2, 0) is 5.75 Å². The molecule has 2 nitrogen and oxygen atoms in total. The third kappa shape index (κ3) is 3.58. The number of nitrogens with one attached hydrogen (secondary N) is 1. The number of hydrogen-bond acceptors (Lipinski definition) is 2. The Morgan fingerprint density at radius 2 is 2.05 bits per heavy atom. The van der Waals surface area contributed by atoms with Gasteiger partial charge in [-0.2, -0.15) is 0 Å². The lowest BCUT2D eigenvalue weighted by molar-refractivity contribution is 0.617. The van der Waals surface area contributed by atoms with Crippen molar-refractivity contribution in [3.05, 3.63) is 65.0 Å². The van der Waals surface area contributed by atoms with E-state index >= 15 is 0 Å². The fraction of sp³-hybridized carbons (Fsp3) is 0.133. The second-order valence-electron chi connectivity index (χ2n) is 4.33. The van der Waals surface area contributed by atoms with Gasteiger partial charge in [0.15, 0.2) is 0 Å². The average Bonchev–Trinajstić information content (AvgIpc) is 2.37. The zero-order valence-electron chi connectivity index (χ0n) is 10.6. The molecule has 0 saturated heterocycles. The van der Waals surface area contributed by atoms with Crippen molar-refractivity contribution in [3.63, 3.8) is 0 Å². The van der Waals surface area contributed by atoms with E-state index < -0.39 is 0 Å². The number of halogens is 1. The Bertz CT molecular complexity index is 611. The van der Waals surface area contributed by atoms with Crippen LogP contribution in [0.15, 0.2) is 47.4 Å². The molecule has 0 aliphatic carbocycles. The first-order chi connectivity index (χ1) is 9.06. The van der Waals surface area contributed by atoms with E-state index in [2.05, 4.69) is 6.07 Å². The molecule has 0 amide bonds. The van der Waals surface area contributed by atoms with E-state index in [1.165, 1.54) is 11.6 Å². The first kappa shape index (κ1) is 13.6. The number of aryl methyl sites for hydroxylation is 1. The summed E-state index contributed by atoms with van der Waals surface area (Å²) >= 11 is 1.59. The van der Waals surface area contributed by atoms with Gasteiger partial charge in [0.2, 0.25) is 0 Å². The minimum absolute atomic E-state index is 0.114. The Balaban J connectivity index is 2.10. The predicted molar refractivity (Wildman–Crippen MR) is 78.2 cm³/mol. The van der Waals surface area contributed by atoms with Crippen LogP contribution in [0.25, 0.3) is 0 Å². The summed E-state index contributed by atoms with van der Waals surface area (Å²) in [5.74, 6) is 0.137. The summed E-state index contributed by atoms with van der Waals surface area (Å²) in [6.45, 7) is 2.03. The van der Waals surface area contributed by atoms with Gasteiger partial charge in [0.25, 0.3) is 0 Å². The fourth-order valence-electron chi connectivity index (χ4n) is 1.70. The number of nitrogens with two attached hydrogens (primary N) is 1. The van der Waals surface area contributed by atoms with E-state index in [-0.39, 0.29) is 11.7 Å². The SMILES string of the molecule is Cc1cccc(SCc2ccc(C(=N)N)cc2F)c1. The molecule has 0 radical (unpaired) electrons. The minimum atomic E-state index is -0.312. The van der Waals surface area contributed by atoms with Crippen molar-refractivity contribution in [2.75, 3.05) is 0 Å². The normalized spacial score (nSPS) is 10.4. The number of benzene rings is 2. The molecule has 0 unspecified atom stereocenters. The molecule has 0 bridgehead atoms. The summed E-state index contributed by atoms with van der Waals surface area (Å²) in [4.78, 5) is 1.12. The molecule has 0 aliphatic rings. The highest BCUT2D eigenvalue weighted by atomic mass is 32.2. The van der Waals surface area contributed by atoms with Crippen LogP contribution >= 0.6 is 11.8 Å². The summed E-state index contributed by atoms with van der Waals surface area (Å²) in [7, 11) is 0. The van der Waals surface area contributed by atoms with E-state index in [0.717, 1.165) is 4.90 Å². The van der Waals surface area contributed by atoms with Gasteiger partial charge < -0.3 is 5.73 Å². The highest BCUT2D eigenvalue weighted by Crippen LogP contribution is 2.25. The summed E-state index contributed by atoms with van der Waals surface area (Å²) in [6, 6.07) is 12.8. The zero-order valence-corrected chi connectivity index (χ0v) is 11.4. The van der Waals surface area contributed by atoms with Gasteiger partial charge in [0, 0.05) is 16.2 Å². The number of amidine groups is 1. The van der Waals surface area contributed by atoms with Gasteiger partial charge in [-0.1, -0.05) is 29.8 Å². The van der Waals surface area contributed by atoms with Gasteiger partial charge in [-0.05, 0) is 30.7 Å². The van der Waals surface area contributed by atoms with Gasteiger partial charge in [0.05, 0.1) is 0 Å². The lowest BCUT2D eigenvalue weighted by atomic mass is 10.1. The van der Waals surface area contributed by atoms with Gasteiger partial charge in [-0.3, -0.25) is 5.41 Å². The Morgan fingerprint density at radius 3 is 2.68 bits per heavy atom. The zero-order chi connectivity index (χ0) is 13.8. The van der Waals surface area contributed by atoms with E-state index in [0.29, 0.717) is 16.9 Å². The van der Waals surface area contributed by atoms with E-state index in [4.69, 9.17) is 11.1 Å². The van der Waals surface area contributed by atoms with Crippen LogP contribution < -0.4 is 5.73 Å². The van der Waals surface area contributed by atoms with Crippen molar-refractivity contribution in [1.29, 1.82) is 5.41 Å². The largest absolute Gasteiger partial charge is 0.384 e. The number of rotatable bonds is 4. The fourth-order valence-corrected chi connectivity index (χ4v) is 2.70. The third-order valence-electron chi connectivity index (χ3n) is 2.75. The van der Waals surface area contributed by atoms with Crippen molar-refractivity contribution in [2.24, 2.45) is 5.73 Å². The van der Waals surface area contributed by atoms with E-state index in [9.17, 15) is 4.39 Å². The van der Waals surface area contributed by atoms with E-state index in [1.807, 2.05) is 25.1 Å². The molecule has 19 heavy (non-hydrogen) atoms. The quantitative estimate of drug-likeness (QED) is 0.507. The monoisotopic (exact) mass is 274 g/mol. The van der Waals surface area contributed by atoms with Crippen molar-refractivity contribution in [1.82, 2.24) is 0 Å². The second-order valence-corrected chi connectivity index (χ2v) is 5.37. The summed E-state index contributed by atoms with van der Waals surface area (Å²) in [5, 5.41) is 7.27. The van der Waals surface area contributed by atoms with Crippen LogP contribution in [0, 0.1) is 18.2 Å². The first-order valence-corrected chi connectivity index (χ1v) is 6.87. The molecule has 0 atom stereocenters. The summed E-state index contributed by atoms with van der Waals surface area (Å²) in [6.07, 6.45) is 0. The molecular weight excluding hydrogens is 259 g/mol. The molecule has 2 aromatic carbocycles. The smallest absolute Gasteiger partial charge is 0.127 e. The molecule has 4 heteroatoms. The summed E-state index contributed by atoms with van der Waals surface area (Å²) < 4.78 is 13.8. The molecule has 0 heterocycles. The standard InChI is InChI=1S/C15H15FN2S/c1-10-3-2-4-13(7-10)19-9-12-6-5-11(15(17)18)8-14(12)16/h2-8H,9H2,1H3,(H3,17,18). The van der Waals surface area contributed by atoms with Crippen LogP contribution in [0.1, 0.15) is 16.7 Å². The van der Waals surface area contributed by atoms with Crippen molar-refractivity contribution in [3.8, 4) is 0 Å². The molecular formula is C15H15FN2S. The van der Waals surface area contributed by atoms with Crippen LogP contribution in [0.4, 0.5) is 4.39 Å². The highest BCUT2D eigenvalue weighted by molar-refractivity contribution is 7.98. The Hall–Kier alpha value is -1.81. The lowest BCUT2D eigenvalue weighted by Crippen LogP contribution is -2.11. The minimum Gasteiger partial charge on any atom is -0.384 e. The number of hydrogen-bond donors (Lipinski definition) is 2. The molecule has 2 aromatic rings. The topological polar surface area (TPSA) is 49.9 Å². The second kappa shape index (κ2) is 5.89. The Morgan fingerprint density at radius 1 is 1.26 bits per heavy atom. The lowest BCUT2D eigenvalue weighted by Gasteiger charge is -2.06. The summed E-state index contributed by atoms with van der Waals surface area (Å²) in [5.41, 5.74) is 7.56. The molecule has 0 aliphatic heterocycles. The molecule has 0 saturated carbocycles. The number of thioether (sulfide) groups is 1. The molecule has 0 aromatic heterocycles. The first-order valence-electron chi connectivity index (χ1n) is 5.88. The Kier molecular flexibility index (Phi) is 4.22. The Labute approximate surface area is 116 Å². The van der Waals surface area contributed by atoms with Gasteiger partial charge in [-0.15, -0.1) is 11.8 Å². The van der Waals surface area contributed by atoms with Crippen molar-refractivity contribution < 1.29 is 4.39 Å². The molecule has 2 rings (SSSR count). The third-order valence-corrected chi connectivity index (χ3v) is 3.79. The highest BCUT2D eigenvalue weighted by Gasteiger charge is 2.06. The molecule has 3 N–H and O–H groups in total. The average molecular weight is 274 g/mol. The maximum atomic E-state index is 13.8. The van der Waals surface area contributed by atoms with Crippen LogP contribution in [0.3, 0.4) is 0 Å². The van der Waals surface area contributed by atoms with Crippen LogP contribution in [0.2, 0.25) is 0 Å². The van der Waals surface area contributed by atoms with Crippen LogP contribution in [0.5, 0.6) is 0 Å². The molecule has 0 spiro atoms. The van der Waals surface area contributed by atoms with Gasteiger partial charge in [0.1, 0.15) is 11.7 Å². The van der Waals surface area contributed by atoms with E-state index in [1.54, 1.807) is 23.9 Å². The van der Waals surface area contributed by atoms with Gasteiger partial charge in [-0.25, -0.2) is 4.39 Å². The van der Waals surface area contributed by atoms with Crippen LogP contribution in [-0.4, -0.2) is 5.84 Å². The van der Waals surface area contributed by atoms with Gasteiger partial charge >= 0.3 is 0 Å². The molecule has 98 valence electrons. The van der Waals surface area contributed by atoms with Crippen molar-refractivity contribution >= 4 is 17.6 Å². The van der Waals surface area contributed by atoms with Crippen molar-refractivity contribution in [2.45, 2.75) is 17.6 Å². The maximum Gasteiger partial charge on any atom is 0.127 e. The maximum absolute atomic E-state index is 13.8.